The van der Waals surface area contributed by atoms with Crippen LogP contribution in [0.3, 0.4) is 0 Å². The highest BCUT2D eigenvalue weighted by Crippen LogP contribution is 2.33. The van der Waals surface area contributed by atoms with E-state index in [9.17, 15) is 5.11 Å². The lowest BCUT2D eigenvalue weighted by Crippen LogP contribution is -2.11. The Bertz CT molecular complexity index is 2720. The van der Waals surface area contributed by atoms with Gasteiger partial charge in [0.15, 0.2) is 0 Å². The average Bonchev–Trinajstić information content (AvgIpc) is 3.29. The summed E-state index contributed by atoms with van der Waals surface area (Å²) < 4.78 is 7.32. The Morgan fingerprint density at radius 1 is 0.358 bits per heavy atom. The van der Waals surface area contributed by atoms with Crippen LogP contribution in [0.25, 0.3) is 45.0 Å². The number of nitrogens with zero attached hydrogens (tertiary/aromatic N) is 4. The summed E-state index contributed by atoms with van der Waals surface area (Å²) in [6.45, 7) is 26.4. The Balaban J connectivity index is 0.000000183. The van der Waals surface area contributed by atoms with Crippen molar-refractivity contribution in [2.75, 3.05) is 0 Å². The number of aromatic nitrogens is 4. The molecule has 0 atom stereocenters. The SMILES string of the molecule is CC(C)(C)c1ccnc(-c2cccc(Br)c2)c1.CC(C)(C)c1ccnc(-c2cccc(O)c2)c1.CC(C)(C)c1ccnc(-c2cccc(Oc3cccc(-c4cc(C(C)(C)C)ccn4)c3)c2)c1. The molecule has 7 heteroatoms. The number of benzene rings is 4. The van der Waals surface area contributed by atoms with Crippen LogP contribution in [0.2, 0.25) is 0 Å². The number of ether oxygens (including phenoxy) is 1. The van der Waals surface area contributed by atoms with Crippen LogP contribution in [0, 0.1) is 0 Å². The first-order valence-corrected chi connectivity index (χ1v) is 23.6. The molecule has 0 spiro atoms. The molecule has 1 N–H and O–H groups in total. The fraction of sp³-hybridized carbons (Fsp3) is 0.267. The van der Waals surface area contributed by atoms with Crippen LogP contribution in [0.5, 0.6) is 17.2 Å². The third kappa shape index (κ3) is 14.3. The van der Waals surface area contributed by atoms with Crippen molar-refractivity contribution in [2.24, 2.45) is 0 Å². The average molecular weight is 954 g/mol. The third-order valence-electron chi connectivity index (χ3n) is 11.3. The van der Waals surface area contributed by atoms with Crippen LogP contribution in [-0.2, 0) is 21.7 Å². The molecule has 0 aliphatic rings. The van der Waals surface area contributed by atoms with Crippen LogP contribution >= 0.6 is 15.9 Å². The van der Waals surface area contributed by atoms with Gasteiger partial charge in [-0.25, -0.2) is 0 Å². The molecular weight excluding hydrogens is 889 g/mol. The fourth-order valence-corrected chi connectivity index (χ4v) is 7.51. The van der Waals surface area contributed by atoms with Crippen LogP contribution < -0.4 is 4.74 Å². The molecule has 0 aliphatic carbocycles. The largest absolute Gasteiger partial charge is 0.508 e. The Morgan fingerprint density at radius 3 is 0.970 bits per heavy atom. The molecule has 0 amide bonds. The Labute approximate surface area is 407 Å². The van der Waals surface area contributed by atoms with Crippen molar-refractivity contribution >= 4 is 15.9 Å². The number of phenolic OH excluding ortho intramolecular Hbond substituents is 1. The van der Waals surface area contributed by atoms with Crippen molar-refractivity contribution in [1.29, 1.82) is 0 Å². The van der Waals surface area contributed by atoms with E-state index in [-0.39, 0.29) is 27.4 Å². The molecule has 0 saturated heterocycles. The van der Waals surface area contributed by atoms with Crippen molar-refractivity contribution in [2.45, 2.75) is 105 Å². The second kappa shape index (κ2) is 21.0. The maximum Gasteiger partial charge on any atom is 0.128 e. The summed E-state index contributed by atoms with van der Waals surface area (Å²) in [5.74, 6) is 1.83. The highest BCUT2D eigenvalue weighted by Gasteiger charge is 2.18. The summed E-state index contributed by atoms with van der Waals surface area (Å²) in [6, 6.07) is 48.4. The van der Waals surface area contributed by atoms with Crippen molar-refractivity contribution in [1.82, 2.24) is 19.9 Å². The lowest BCUT2D eigenvalue weighted by molar-refractivity contribution is 0.475. The molecule has 8 rings (SSSR count). The van der Waals surface area contributed by atoms with Gasteiger partial charge in [0.05, 0.1) is 22.8 Å². The zero-order chi connectivity index (χ0) is 48.6. The van der Waals surface area contributed by atoms with E-state index in [1.54, 1.807) is 12.1 Å². The molecular formula is C60H65BrN4O2. The van der Waals surface area contributed by atoms with Gasteiger partial charge in [0.2, 0.25) is 0 Å². The van der Waals surface area contributed by atoms with Crippen molar-refractivity contribution in [3.05, 3.63) is 197 Å². The van der Waals surface area contributed by atoms with Gasteiger partial charge in [-0.1, -0.05) is 148 Å². The maximum atomic E-state index is 9.48. The number of pyridine rings is 4. The molecule has 344 valence electrons. The summed E-state index contributed by atoms with van der Waals surface area (Å²) in [5.41, 5.74) is 13.5. The molecule has 0 aliphatic heterocycles. The number of phenols is 1. The second-order valence-corrected chi connectivity index (χ2v) is 21.9. The lowest BCUT2D eigenvalue weighted by atomic mass is 9.87. The summed E-state index contributed by atoms with van der Waals surface area (Å²) in [7, 11) is 0. The smallest absolute Gasteiger partial charge is 0.128 e. The summed E-state index contributed by atoms with van der Waals surface area (Å²) in [4.78, 5) is 18.0. The maximum absolute atomic E-state index is 9.48. The fourth-order valence-electron chi connectivity index (χ4n) is 7.11. The molecule has 4 aromatic carbocycles. The standard InChI is InChI=1S/C30H32N2O.C15H16BrN.C15H17NO/c1-29(2,3)23-13-15-31-27(19-23)21-9-7-11-25(17-21)33-26-12-8-10-22(18-26)28-20-24(14-16-32-28)30(4,5)6;1-15(2,3)12-7-8-17-14(10-12)11-5-4-6-13(16)9-11;1-15(2,3)12-7-8-16-14(10-12)11-5-4-6-13(17)9-11/h7-20H,1-6H3;4-10H,1-3H3;4-10,17H,1-3H3. The number of halogens is 1. The van der Waals surface area contributed by atoms with Crippen molar-refractivity contribution in [3.63, 3.8) is 0 Å². The minimum absolute atomic E-state index is 0.0740. The van der Waals surface area contributed by atoms with Gasteiger partial charge in [0.25, 0.3) is 0 Å². The van der Waals surface area contributed by atoms with Gasteiger partial charge in [-0.05, 0) is 141 Å². The molecule has 0 unspecified atom stereocenters. The van der Waals surface area contributed by atoms with Gasteiger partial charge in [-0.15, -0.1) is 0 Å². The number of aromatic hydroxyl groups is 1. The molecule has 4 heterocycles. The Morgan fingerprint density at radius 2 is 0.657 bits per heavy atom. The third-order valence-corrected chi connectivity index (χ3v) is 11.8. The zero-order valence-corrected chi connectivity index (χ0v) is 42.8. The van der Waals surface area contributed by atoms with Gasteiger partial charge in [0, 0.05) is 51.5 Å². The van der Waals surface area contributed by atoms with E-state index < -0.39 is 0 Å². The first kappa shape index (κ1) is 50.0. The van der Waals surface area contributed by atoms with Crippen molar-refractivity contribution < 1.29 is 9.84 Å². The van der Waals surface area contributed by atoms with Gasteiger partial charge in [0.1, 0.15) is 17.2 Å². The van der Waals surface area contributed by atoms with E-state index in [2.05, 4.69) is 186 Å². The van der Waals surface area contributed by atoms with E-state index in [4.69, 9.17) is 4.74 Å². The normalized spacial score (nSPS) is 11.7. The predicted molar refractivity (Wildman–Crippen MR) is 283 cm³/mol. The van der Waals surface area contributed by atoms with Crippen molar-refractivity contribution in [3.8, 4) is 62.3 Å². The summed E-state index contributed by atoms with van der Waals surface area (Å²) >= 11 is 3.49. The van der Waals surface area contributed by atoms with Gasteiger partial charge < -0.3 is 9.84 Å². The topological polar surface area (TPSA) is 81.0 Å². The lowest BCUT2D eigenvalue weighted by Gasteiger charge is -2.19. The molecule has 8 aromatic rings. The van der Waals surface area contributed by atoms with Crippen LogP contribution in [0.15, 0.2) is 175 Å². The Hall–Kier alpha value is -6.44. The molecule has 6 nitrogen and oxygen atoms in total. The van der Waals surface area contributed by atoms with Crippen LogP contribution in [0.4, 0.5) is 0 Å². The summed E-state index contributed by atoms with van der Waals surface area (Å²) in [6.07, 6.45) is 7.47. The molecule has 4 aromatic heterocycles. The molecule has 0 bridgehead atoms. The van der Waals surface area contributed by atoms with Crippen LogP contribution in [-0.4, -0.2) is 25.0 Å². The molecule has 0 radical (unpaired) electrons. The highest BCUT2D eigenvalue weighted by atomic mass is 79.9. The molecule has 67 heavy (non-hydrogen) atoms. The monoisotopic (exact) mass is 952 g/mol. The predicted octanol–water partition coefficient (Wildman–Crippen LogP) is 16.8. The highest BCUT2D eigenvalue weighted by molar-refractivity contribution is 9.10. The number of rotatable bonds is 6. The van der Waals surface area contributed by atoms with E-state index in [0.29, 0.717) is 0 Å². The van der Waals surface area contributed by atoms with E-state index in [0.717, 1.165) is 61.0 Å². The van der Waals surface area contributed by atoms with Crippen LogP contribution in [0.1, 0.15) is 105 Å². The Kier molecular flexibility index (Phi) is 15.7. The van der Waals surface area contributed by atoms with E-state index in [1.807, 2.05) is 91.5 Å². The van der Waals surface area contributed by atoms with Gasteiger partial charge >= 0.3 is 0 Å². The minimum Gasteiger partial charge on any atom is -0.508 e. The van der Waals surface area contributed by atoms with Gasteiger partial charge in [-0.2, -0.15) is 0 Å². The van der Waals surface area contributed by atoms with E-state index >= 15 is 0 Å². The molecule has 0 fully saturated rings. The number of hydrogen-bond donors (Lipinski definition) is 1. The van der Waals surface area contributed by atoms with Gasteiger partial charge in [-0.3, -0.25) is 19.9 Å². The summed E-state index contributed by atoms with van der Waals surface area (Å²) in [5, 5.41) is 9.48. The first-order chi connectivity index (χ1) is 31.5. The second-order valence-electron chi connectivity index (χ2n) is 20.9. The van der Waals surface area contributed by atoms with E-state index in [1.165, 1.54) is 22.3 Å². The molecule has 0 saturated carbocycles. The first-order valence-electron chi connectivity index (χ1n) is 22.8. The number of hydrogen-bond acceptors (Lipinski definition) is 6. The zero-order valence-electron chi connectivity index (χ0n) is 41.2. The minimum atomic E-state index is 0.0740. The quantitative estimate of drug-likeness (QED) is 0.179.